The van der Waals surface area contributed by atoms with Crippen LogP contribution in [-0.2, 0) is 11.3 Å². The van der Waals surface area contributed by atoms with Gasteiger partial charge in [-0.1, -0.05) is 17.7 Å². The van der Waals surface area contributed by atoms with E-state index in [1.807, 2.05) is 12.1 Å². The standard InChI is InChI=1S/C16H20BrClN2O/c17-14-9-11(1-4-15(14)18)10-19-13-5-7-20(8-6-13)16(21)12-2-3-12/h1,4,9,12-13,19H,2-3,5-8,10H2. The van der Waals surface area contributed by atoms with Gasteiger partial charge in [0.15, 0.2) is 0 Å². The largest absolute Gasteiger partial charge is 0.342 e. The Labute approximate surface area is 139 Å². The van der Waals surface area contributed by atoms with Crippen molar-refractivity contribution in [3.05, 3.63) is 33.3 Å². The third-order valence-corrected chi connectivity index (χ3v) is 5.53. The van der Waals surface area contributed by atoms with Crippen molar-refractivity contribution in [2.45, 2.75) is 38.3 Å². The van der Waals surface area contributed by atoms with Crippen molar-refractivity contribution in [1.82, 2.24) is 10.2 Å². The first-order valence-electron chi connectivity index (χ1n) is 7.59. The number of hydrogen-bond acceptors (Lipinski definition) is 2. The highest BCUT2D eigenvalue weighted by molar-refractivity contribution is 9.10. The Bertz CT molecular complexity index is 525. The summed E-state index contributed by atoms with van der Waals surface area (Å²) in [7, 11) is 0. The summed E-state index contributed by atoms with van der Waals surface area (Å²) < 4.78 is 0.938. The highest BCUT2D eigenvalue weighted by Gasteiger charge is 2.34. The SMILES string of the molecule is O=C(C1CC1)N1CCC(NCc2ccc(Cl)c(Br)c2)CC1. The van der Waals surface area contributed by atoms with Gasteiger partial charge in [-0.2, -0.15) is 0 Å². The minimum atomic E-state index is 0.348. The molecule has 1 saturated carbocycles. The molecule has 0 spiro atoms. The van der Waals surface area contributed by atoms with Crippen LogP contribution in [-0.4, -0.2) is 29.9 Å². The lowest BCUT2D eigenvalue weighted by Crippen LogP contribution is -2.45. The van der Waals surface area contributed by atoms with E-state index in [1.54, 1.807) is 0 Å². The van der Waals surface area contributed by atoms with Crippen LogP contribution >= 0.6 is 27.5 Å². The number of nitrogens with zero attached hydrogens (tertiary/aromatic N) is 1. The average Bonchev–Trinajstić information content (AvgIpc) is 3.33. The van der Waals surface area contributed by atoms with Crippen LogP contribution in [0.25, 0.3) is 0 Å². The number of carbonyl (C=O) groups is 1. The van der Waals surface area contributed by atoms with Crippen molar-refractivity contribution >= 4 is 33.4 Å². The lowest BCUT2D eigenvalue weighted by molar-refractivity contribution is -0.133. The molecule has 1 heterocycles. The van der Waals surface area contributed by atoms with Gasteiger partial charge in [-0.15, -0.1) is 0 Å². The minimum Gasteiger partial charge on any atom is -0.342 e. The molecular formula is C16H20BrClN2O. The van der Waals surface area contributed by atoms with Gasteiger partial charge in [-0.05, 0) is 59.3 Å². The molecule has 1 aromatic rings. The van der Waals surface area contributed by atoms with Gasteiger partial charge in [0.2, 0.25) is 5.91 Å². The van der Waals surface area contributed by atoms with Crippen molar-refractivity contribution in [2.75, 3.05) is 13.1 Å². The number of amides is 1. The molecule has 0 aromatic heterocycles. The van der Waals surface area contributed by atoms with E-state index in [1.165, 1.54) is 5.56 Å². The Kier molecular flexibility index (Phi) is 4.87. The molecule has 1 amide bonds. The topological polar surface area (TPSA) is 32.3 Å². The molecule has 2 fully saturated rings. The third kappa shape index (κ3) is 3.99. The first-order valence-corrected chi connectivity index (χ1v) is 8.76. The number of rotatable bonds is 4. The Hall–Kier alpha value is -0.580. The molecule has 1 saturated heterocycles. The van der Waals surface area contributed by atoms with Crippen LogP contribution in [0.4, 0.5) is 0 Å². The molecule has 0 bridgehead atoms. The van der Waals surface area contributed by atoms with E-state index in [0.29, 0.717) is 17.9 Å². The smallest absolute Gasteiger partial charge is 0.225 e. The Morgan fingerprint density at radius 2 is 2.00 bits per heavy atom. The second-order valence-corrected chi connectivity index (χ2v) is 7.26. The second-order valence-electron chi connectivity index (χ2n) is 6.00. The van der Waals surface area contributed by atoms with Gasteiger partial charge in [-0.25, -0.2) is 0 Å². The van der Waals surface area contributed by atoms with Crippen LogP contribution in [0.2, 0.25) is 5.02 Å². The average molecular weight is 372 g/mol. The summed E-state index contributed by atoms with van der Waals surface area (Å²) in [6.45, 7) is 2.64. The second kappa shape index (κ2) is 6.67. The number of halogens is 2. The molecule has 1 aromatic carbocycles. The first kappa shape index (κ1) is 15.3. The molecule has 1 aliphatic carbocycles. The summed E-state index contributed by atoms with van der Waals surface area (Å²) >= 11 is 9.45. The maximum Gasteiger partial charge on any atom is 0.225 e. The van der Waals surface area contributed by atoms with E-state index in [9.17, 15) is 4.79 Å². The Morgan fingerprint density at radius 1 is 1.29 bits per heavy atom. The van der Waals surface area contributed by atoms with E-state index in [0.717, 1.165) is 54.8 Å². The summed E-state index contributed by atoms with van der Waals surface area (Å²) in [5.41, 5.74) is 1.22. The monoisotopic (exact) mass is 370 g/mol. The fraction of sp³-hybridized carbons (Fsp3) is 0.562. The van der Waals surface area contributed by atoms with Crippen LogP contribution in [0, 0.1) is 5.92 Å². The molecule has 21 heavy (non-hydrogen) atoms. The van der Waals surface area contributed by atoms with Gasteiger partial charge < -0.3 is 10.2 Å². The van der Waals surface area contributed by atoms with Crippen molar-refractivity contribution in [3.8, 4) is 0 Å². The number of nitrogens with one attached hydrogen (secondary N) is 1. The van der Waals surface area contributed by atoms with E-state index < -0.39 is 0 Å². The number of hydrogen-bond donors (Lipinski definition) is 1. The van der Waals surface area contributed by atoms with Crippen molar-refractivity contribution in [3.63, 3.8) is 0 Å². The molecule has 2 aliphatic rings. The lowest BCUT2D eigenvalue weighted by atomic mass is 10.0. The van der Waals surface area contributed by atoms with Gasteiger partial charge in [0.05, 0.1) is 5.02 Å². The molecule has 0 unspecified atom stereocenters. The molecule has 0 radical (unpaired) electrons. The molecule has 114 valence electrons. The zero-order valence-corrected chi connectivity index (χ0v) is 14.3. The zero-order valence-electron chi connectivity index (χ0n) is 11.9. The van der Waals surface area contributed by atoms with Crippen LogP contribution in [0.5, 0.6) is 0 Å². The zero-order chi connectivity index (χ0) is 14.8. The highest BCUT2D eigenvalue weighted by Crippen LogP contribution is 2.32. The maximum atomic E-state index is 12.0. The van der Waals surface area contributed by atoms with Crippen LogP contribution in [0.3, 0.4) is 0 Å². The molecule has 1 N–H and O–H groups in total. The molecule has 0 atom stereocenters. The van der Waals surface area contributed by atoms with E-state index in [-0.39, 0.29) is 0 Å². The molecule has 1 aliphatic heterocycles. The third-order valence-electron chi connectivity index (χ3n) is 4.31. The van der Waals surface area contributed by atoms with Gasteiger partial charge in [0.25, 0.3) is 0 Å². The number of carbonyl (C=O) groups excluding carboxylic acids is 1. The van der Waals surface area contributed by atoms with Crippen LogP contribution in [0.1, 0.15) is 31.2 Å². The van der Waals surface area contributed by atoms with E-state index >= 15 is 0 Å². The number of benzene rings is 1. The maximum absolute atomic E-state index is 12.0. The minimum absolute atomic E-state index is 0.348. The van der Waals surface area contributed by atoms with Crippen LogP contribution < -0.4 is 5.32 Å². The van der Waals surface area contributed by atoms with Gasteiger partial charge in [0.1, 0.15) is 0 Å². The van der Waals surface area contributed by atoms with Gasteiger partial charge in [0, 0.05) is 36.1 Å². The fourth-order valence-electron chi connectivity index (χ4n) is 2.80. The highest BCUT2D eigenvalue weighted by atomic mass is 79.9. The van der Waals surface area contributed by atoms with Crippen molar-refractivity contribution in [2.24, 2.45) is 5.92 Å². The molecule has 5 heteroatoms. The molecule has 3 nitrogen and oxygen atoms in total. The first-order chi connectivity index (χ1) is 10.1. The van der Waals surface area contributed by atoms with Crippen molar-refractivity contribution in [1.29, 1.82) is 0 Å². The van der Waals surface area contributed by atoms with Gasteiger partial charge in [-0.3, -0.25) is 4.79 Å². The van der Waals surface area contributed by atoms with Crippen molar-refractivity contribution < 1.29 is 4.79 Å². The fourth-order valence-corrected chi connectivity index (χ4v) is 3.35. The Morgan fingerprint density at radius 3 is 2.62 bits per heavy atom. The summed E-state index contributed by atoms with van der Waals surface area (Å²) in [5, 5.41) is 4.33. The number of likely N-dealkylation sites (tertiary alicyclic amines) is 1. The summed E-state index contributed by atoms with van der Waals surface area (Å²) in [5.74, 6) is 0.732. The summed E-state index contributed by atoms with van der Waals surface area (Å²) in [6.07, 6.45) is 4.30. The molecule has 3 rings (SSSR count). The Balaban J connectivity index is 1.44. The molecular weight excluding hydrogens is 352 g/mol. The summed E-state index contributed by atoms with van der Waals surface area (Å²) in [6, 6.07) is 6.52. The quantitative estimate of drug-likeness (QED) is 0.877. The number of piperidine rings is 1. The van der Waals surface area contributed by atoms with Gasteiger partial charge >= 0.3 is 0 Å². The predicted octanol–water partition coefficient (Wildman–Crippen LogP) is 3.59. The van der Waals surface area contributed by atoms with E-state index in [2.05, 4.69) is 32.2 Å². The lowest BCUT2D eigenvalue weighted by Gasteiger charge is -2.32. The predicted molar refractivity (Wildman–Crippen MR) is 88.3 cm³/mol. The summed E-state index contributed by atoms with van der Waals surface area (Å²) in [4.78, 5) is 14.1. The van der Waals surface area contributed by atoms with E-state index in [4.69, 9.17) is 11.6 Å². The normalized spacial score (nSPS) is 19.8. The van der Waals surface area contributed by atoms with Crippen LogP contribution in [0.15, 0.2) is 22.7 Å².